The predicted molar refractivity (Wildman–Crippen MR) is 119 cm³/mol. The molecule has 2 amide bonds. The SMILES string of the molecule is CNc1cccc(NC(C[N+](=O)[O-])=N[C@H]2CCCCN(CC(=O)N3CCCC3)C2=O)c1. The molecule has 31 heavy (non-hydrogen) atoms. The van der Waals surface area contributed by atoms with Crippen LogP contribution in [0.4, 0.5) is 11.4 Å². The van der Waals surface area contributed by atoms with Crippen LogP contribution in [0.3, 0.4) is 0 Å². The molecule has 1 aromatic carbocycles. The molecular weight excluding hydrogens is 400 g/mol. The van der Waals surface area contributed by atoms with Crippen LogP contribution in [-0.4, -0.2) is 78.2 Å². The third-order valence-electron chi connectivity index (χ3n) is 5.57. The highest BCUT2D eigenvalue weighted by atomic mass is 16.6. The molecule has 0 aliphatic carbocycles. The fourth-order valence-electron chi connectivity index (χ4n) is 3.93. The van der Waals surface area contributed by atoms with E-state index in [9.17, 15) is 19.7 Å². The van der Waals surface area contributed by atoms with Crippen LogP contribution in [0.2, 0.25) is 0 Å². The number of hydrogen-bond acceptors (Lipinski definition) is 6. The number of nitro groups is 1. The molecule has 2 aliphatic rings. The standard InChI is InChI=1S/C21H30N6O4/c1-22-16-7-6-8-17(13-16)23-19(14-27(30)31)24-18-9-2-3-12-26(21(18)29)15-20(28)25-10-4-5-11-25/h6-8,13,18,22H,2-5,9-12,14-15H2,1H3,(H,23,24)/t18-/m0/s1. The number of anilines is 2. The van der Waals surface area contributed by atoms with Crippen molar-refractivity contribution in [3.63, 3.8) is 0 Å². The van der Waals surface area contributed by atoms with E-state index in [0.29, 0.717) is 18.7 Å². The zero-order valence-corrected chi connectivity index (χ0v) is 17.9. The minimum absolute atomic E-state index is 0.0389. The molecule has 2 heterocycles. The van der Waals surface area contributed by atoms with Crippen LogP contribution in [0, 0.1) is 10.1 Å². The van der Waals surface area contributed by atoms with Gasteiger partial charge in [0.25, 0.3) is 6.54 Å². The molecular formula is C21H30N6O4. The van der Waals surface area contributed by atoms with Crippen LogP contribution in [-0.2, 0) is 9.59 Å². The van der Waals surface area contributed by atoms with E-state index in [1.165, 1.54) is 0 Å². The third-order valence-corrected chi connectivity index (χ3v) is 5.57. The first-order valence-electron chi connectivity index (χ1n) is 10.8. The lowest BCUT2D eigenvalue weighted by Crippen LogP contribution is -2.45. The van der Waals surface area contributed by atoms with E-state index in [4.69, 9.17) is 0 Å². The molecule has 0 radical (unpaired) electrons. The number of amides is 2. The molecule has 1 atom stereocenters. The Bertz CT molecular complexity index is 837. The van der Waals surface area contributed by atoms with Crippen LogP contribution >= 0.6 is 0 Å². The molecule has 0 spiro atoms. The summed E-state index contributed by atoms with van der Waals surface area (Å²) in [4.78, 5) is 44.2. The Kier molecular flexibility index (Phi) is 7.80. The Labute approximate surface area is 181 Å². The maximum atomic E-state index is 13.1. The molecule has 0 bridgehead atoms. The van der Waals surface area contributed by atoms with Crippen molar-refractivity contribution in [3.8, 4) is 0 Å². The third kappa shape index (κ3) is 6.40. The monoisotopic (exact) mass is 430 g/mol. The topological polar surface area (TPSA) is 120 Å². The Hall–Kier alpha value is -3.17. The Balaban J connectivity index is 1.75. The molecule has 0 aromatic heterocycles. The van der Waals surface area contributed by atoms with Gasteiger partial charge in [0, 0.05) is 43.0 Å². The van der Waals surface area contributed by atoms with Crippen molar-refractivity contribution in [2.75, 3.05) is 50.4 Å². The largest absolute Gasteiger partial charge is 0.388 e. The van der Waals surface area contributed by atoms with E-state index in [1.807, 2.05) is 18.2 Å². The van der Waals surface area contributed by atoms with E-state index in [2.05, 4.69) is 15.6 Å². The number of hydrogen-bond donors (Lipinski definition) is 2. The molecule has 2 N–H and O–H groups in total. The van der Waals surface area contributed by atoms with Crippen LogP contribution < -0.4 is 10.6 Å². The van der Waals surface area contributed by atoms with Crippen molar-refractivity contribution in [2.24, 2.45) is 4.99 Å². The summed E-state index contributed by atoms with van der Waals surface area (Å²) in [6.07, 6.45) is 4.06. The van der Waals surface area contributed by atoms with Gasteiger partial charge in [-0.3, -0.25) is 24.7 Å². The summed E-state index contributed by atoms with van der Waals surface area (Å²) in [7, 11) is 1.79. The molecule has 2 saturated heterocycles. The molecule has 10 heteroatoms. The van der Waals surface area contributed by atoms with Crippen molar-refractivity contribution < 1.29 is 14.5 Å². The second kappa shape index (κ2) is 10.7. The fraction of sp³-hybridized carbons (Fsp3) is 0.571. The summed E-state index contributed by atoms with van der Waals surface area (Å²) < 4.78 is 0. The molecule has 0 saturated carbocycles. The average molecular weight is 431 g/mol. The molecule has 2 fully saturated rings. The second-order valence-corrected chi connectivity index (χ2v) is 7.88. The van der Waals surface area contributed by atoms with Crippen LogP contribution in [0.5, 0.6) is 0 Å². The van der Waals surface area contributed by atoms with Gasteiger partial charge in [0.2, 0.25) is 11.8 Å². The summed E-state index contributed by atoms with van der Waals surface area (Å²) in [6.45, 7) is 1.52. The van der Waals surface area contributed by atoms with Gasteiger partial charge >= 0.3 is 0 Å². The molecule has 168 valence electrons. The summed E-state index contributed by atoms with van der Waals surface area (Å²) in [5.74, 6) is -0.149. The maximum absolute atomic E-state index is 13.1. The smallest absolute Gasteiger partial charge is 0.260 e. The first kappa shape index (κ1) is 22.5. The summed E-state index contributed by atoms with van der Waals surface area (Å²) >= 11 is 0. The lowest BCUT2D eigenvalue weighted by atomic mass is 10.1. The first-order valence-corrected chi connectivity index (χ1v) is 10.8. The Morgan fingerprint density at radius 2 is 1.90 bits per heavy atom. The van der Waals surface area contributed by atoms with Crippen molar-refractivity contribution in [1.82, 2.24) is 9.80 Å². The van der Waals surface area contributed by atoms with Crippen molar-refractivity contribution in [2.45, 2.75) is 38.1 Å². The normalized spacial score (nSPS) is 19.8. The van der Waals surface area contributed by atoms with Gasteiger partial charge in [-0.05, 0) is 50.3 Å². The summed E-state index contributed by atoms with van der Waals surface area (Å²) in [6, 6.07) is 6.56. The average Bonchev–Trinajstić information content (AvgIpc) is 3.23. The van der Waals surface area contributed by atoms with E-state index in [-0.39, 0.29) is 24.2 Å². The molecule has 3 rings (SSSR count). The van der Waals surface area contributed by atoms with Crippen molar-refractivity contribution >= 4 is 29.0 Å². The van der Waals surface area contributed by atoms with Gasteiger partial charge in [-0.25, -0.2) is 0 Å². The van der Waals surface area contributed by atoms with Crippen LogP contribution in [0.1, 0.15) is 32.1 Å². The van der Waals surface area contributed by atoms with E-state index in [0.717, 1.165) is 44.5 Å². The number of rotatable bonds is 7. The number of nitrogens with one attached hydrogen (secondary N) is 2. The number of carbonyl (C=O) groups is 2. The fourth-order valence-corrected chi connectivity index (χ4v) is 3.93. The lowest BCUT2D eigenvalue weighted by molar-refractivity contribution is -0.463. The molecule has 1 aromatic rings. The van der Waals surface area contributed by atoms with Gasteiger partial charge in [0.05, 0.1) is 6.54 Å². The van der Waals surface area contributed by atoms with Crippen molar-refractivity contribution in [3.05, 3.63) is 34.4 Å². The zero-order chi connectivity index (χ0) is 22.2. The summed E-state index contributed by atoms with van der Waals surface area (Å²) in [5.41, 5.74) is 1.50. The molecule has 10 nitrogen and oxygen atoms in total. The van der Waals surface area contributed by atoms with E-state index >= 15 is 0 Å². The number of carbonyl (C=O) groups excluding carboxylic acids is 2. The van der Waals surface area contributed by atoms with Crippen molar-refractivity contribution in [1.29, 1.82) is 0 Å². The maximum Gasteiger partial charge on any atom is 0.260 e. The molecule has 2 aliphatic heterocycles. The van der Waals surface area contributed by atoms with Gasteiger partial charge in [-0.1, -0.05) is 6.07 Å². The van der Waals surface area contributed by atoms with Gasteiger partial charge in [0.15, 0.2) is 5.84 Å². The van der Waals surface area contributed by atoms with Crippen LogP contribution in [0.25, 0.3) is 0 Å². The number of nitrogens with zero attached hydrogens (tertiary/aromatic N) is 4. The Morgan fingerprint density at radius 1 is 1.19 bits per heavy atom. The Morgan fingerprint density at radius 3 is 2.61 bits per heavy atom. The highest BCUT2D eigenvalue weighted by Crippen LogP contribution is 2.18. The summed E-state index contributed by atoms with van der Waals surface area (Å²) in [5, 5.41) is 17.2. The minimum Gasteiger partial charge on any atom is -0.388 e. The lowest BCUT2D eigenvalue weighted by Gasteiger charge is -2.25. The van der Waals surface area contributed by atoms with Gasteiger partial charge in [-0.15, -0.1) is 0 Å². The van der Waals surface area contributed by atoms with Crippen LogP contribution in [0.15, 0.2) is 29.3 Å². The molecule has 0 unspecified atom stereocenters. The van der Waals surface area contributed by atoms with E-state index in [1.54, 1.807) is 22.9 Å². The second-order valence-electron chi connectivity index (χ2n) is 7.88. The minimum atomic E-state index is -0.733. The number of benzene rings is 1. The first-order chi connectivity index (χ1) is 15.0. The number of likely N-dealkylation sites (tertiary alicyclic amines) is 2. The zero-order valence-electron chi connectivity index (χ0n) is 17.9. The predicted octanol–water partition coefficient (Wildman–Crippen LogP) is 1.82. The quantitative estimate of drug-likeness (QED) is 0.295. The van der Waals surface area contributed by atoms with Gasteiger partial charge in [-0.2, -0.15) is 0 Å². The van der Waals surface area contributed by atoms with Gasteiger partial charge < -0.3 is 20.4 Å². The highest BCUT2D eigenvalue weighted by Gasteiger charge is 2.30. The highest BCUT2D eigenvalue weighted by molar-refractivity contribution is 5.98. The number of amidine groups is 1. The van der Waals surface area contributed by atoms with E-state index < -0.39 is 17.5 Å². The van der Waals surface area contributed by atoms with Gasteiger partial charge in [0.1, 0.15) is 6.04 Å². The number of aliphatic imine (C=N–C) groups is 1.